The molecule has 0 atom stereocenters. The fourth-order valence-electron chi connectivity index (χ4n) is 1.37. The monoisotopic (exact) mass is 207 g/mol. The van der Waals surface area contributed by atoms with Crippen molar-refractivity contribution in [1.29, 1.82) is 0 Å². The Bertz CT molecular complexity index is 363. The van der Waals surface area contributed by atoms with E-state index in [4.69, 9.17) is 5.11 Å². The first-order chi connectivity index (χ1) is 7.25. The Morgan fingerprint density at radius 1 is 1.53 bits per heavy atom. The normalized spacial score (nSPS) is 14.9. The average Bonchev–Trinajstić information content (AvgIpc) is 3.02. The summed E-state index contributed by atoms with van der Waals surface area (Å²) in [5, 5.41) is 11.8. The van der Waals surface area contributed by atoms with Crippen molar-refractivity contribution >= 4 is 11.8 Å². The number of nitrogens with one attached hydrogen (secondary N) is 1. The van der Waals surface area contributed by atoms with Crippen LogP contribution in [-0.4, -0.2) is 27.6 Å². The Morgan fingerprint density at radius 2 is 2.33 bits per heavy atom. The van der Waals surface area contributed by atoms with Crippen LogP contribution >= 0.6 is 0 Å². The maximum absolute atomic E-state index is 10.6. The van der Waals surface area contributed by atoms with Gasteiger partial charge in [0.05, 0.1) is 12.4 Å². The number of anilines is 1. The molecular weight excluding hydrogens is 194 g/mol. The summed E-state index contributed by atoms with van der Waals surface area (Å²) >= 11 is 0. The summed E-state index contributed by atoms with van der Waals surface area (Å²) in [6.07, 6.45) is 6.55. The van der Waals surface area contributed by atoms with Crippen LogP contribution in [0.5, 0.6) is 0 Å². The minimum Gasteiger partial charge on any atom is -0.476 e. The molecule has 0 radical (unpaired) electrons. The molecule has 0 saturated heterocycles. The quantitative estimate of drug-likeness (QED) is 0.763. The molecule has 0 amide bonds. The molecule has 2 N–H and O–H groups in total. The first kappa shape index (κ1) is 9.89. The van der Waals surface area contributed by atoms with Gasteiger partial charge in [-0.15, -0.1) is 0 Å². The van der Waals surface area contributed by atoms with Crippen molar-refractivity contribution < 1.29 is 9.90 Å². The number of hydrogen-bond acceptors (Lipinski definition) is 4. The number of nitrogens with zero attached hydrogens (tertiary/aromatic N) is 2. The van der Waals surface area contributed by atoms with E-state index in [0.717, 1.165) is 18.9 Å². The fourth-order valence-corrected chi connectivity index (χ4v) is 1.37. The topological polar surface area (TPSA) is 75.1 Å². The lowest BCUT2D eigenvalue weighted by Crippen LogP contribution is -2.08. The molecule has 0 unspecified atom stereocenters. The molecule has 15 heavy (non-hydrogen) atoms. The van der Waals surface area contributed by atoms with E-state index in [1.165, 1.54) is 19.0 Å². The van der Waals surface area contributed by atoms with Gasteiger partial charge in [0, 0.05) is 6.54 Å². The van der Waals surface area contributed by atoms with Gasteiger partial charge in [-0.1, -0.05) is 12.8 Å². The predicted octanol–water partition coefficient (Wildman–Crippen LogP) is 1.39. The van der Waals surface area contributed by atoms with Crippen molar-refractivity contribution in [2.24, 2.45) is 5.92 Å². The zero-order valence-corrected chi connectivity index (χ0v) is 8.31. The second-order valence-electron chi connectivity index (χ2n) is 3.75. The van der Waals surface area contributed by atoms with Crippen LogP contribution in [0.1, 0.15) is 29.8 Å². The van der Waals surface area contributed by atoms with Gasteiger partial charge in [-0.05, 0) is 12.3 Å². The second kappa shape index (κ2) is 4.25. The van der Waals surface area contributed by atoms with Crippen molar-refractivity contribution in [1.82, 2.24) is 9.97 Å². The molecular formula is C10H13N3O2. The molecule has 1 aliphatic carbocycles. The number of hydrogen-bond donors (Lipinski definition) is 2. The van der Waals surface area contributed by atoms with Crippen LogP contribution in [0.2, 0.25) is 0 Å². The maximum atomic E-state index is 10.6. The number of carboxylic acids is 1. The third-order valence-corrected chi connectivity index (χ3v) is 2.41. The van der Waals surface area contributed by atoms with Crippen LogP contribution in [0.25, 0.3) is 0 Å². The van der Waals surface area contributed by atoms with Gasteiger partial charge < -0.3 is 10.4 Å². The molecule has 1 aromatic heterocycles. The van der Waals surface area contributed by atoms with Gasteiger partial charge >= 0.3 is 5.97 Å². The zero-order chi connectivity index (χ0) is 10.7. The Labute approximate surface area is 87.6 Å². The van der Waals surface area contributed by atoms with Gasteiger partial charge in [0.25, 0.3) is 0 Å². The van der Waals surface area contributed by atoms with Crippen molar-refractivity contribution in [3.05, 3.63) is 18.1 Å². The molecule has 1 aromatic rings. The molecule has 1 saturated carbocycles. The van der Waals surface area contributed by atoms with Gasteiger partial charge in [-0.3, -0.25) is 4.98 Å². The van der Waals surface area contributed by atoms with Gasteiger partial charge in [-0.2, -0.15) is 0 Å². The highest BCUT2D eigenvalue weighted by molar-refractivity contribution is 5.85. The van der Waals surface area contributed by atoms with Crippen LogP contribution in [-0.2, 0) is 0 Å². The molecule has 80 valence electrons. The Morgan fingerprint density at radius 3 is 3.00 bits per heavy atom. The van der Waals surface area contributed by atoms with E-state index >= 15 is 0 Å². The molecule has 0 spiro atoms. The average molecular weight is 207 g/mol. The number of aromatic nitrogens is 2. The molecule has 1 heterocycles. The number of carbonyl (C=O) groups is 1. The van der Waals surface area contributed by atoms with Crippen LogP contribution in [0.3, 0.4) is 0 Å². The van der Waals surface area contributed by atoms with E-state index in [-0.39, 0.29) is 5.69 Å². The van der Waals surface area contributed by atoms with Crippen LogP contribution in [0.4, 0.5) is 5.82 Å². The number of rotatable bonds is 5. The lowest BCUT2D eigenvalue weighted by Gasteiger charge is -2.04. The highest BCUT2D eigenvalue weighted by Crippen LogP contribution is 2.31. The summed E-state index contributed by atoms with van der Waals surface area (Å²) < 4.78 is 0. The molecule has 2 rings (SSSR count). The Kier molecular flexibility index (Phi) is 2.80. The standard InChI is InChI=1S/C10H13N3O2/c14-10(15)8-5-11-6-9(13-8)12-4-3-7-1-2-7/h5-7H,1-4H2,(H,12,13)(H,14,15). The van der Waals surface area contributed by atoms with Crippen molar-refractivity contribution in [3.8, 4) is 0 Å². The fraction of sp³-hybridized carbons (Fsp3) is 0.500. The van der Waals surface area contributed by atoms with Crippen LogP contribution in [0, 0.1) is 5.92 Å². The third kappa shape index (κ3) is 2.90. The highest BCUT2D eigenvalue weighted by atomic mass is 16.4. The van der Waals surface area contributed by atoms with Gasteiger partial charge in [-0.25, -0.2) is 9.78 Å². The van der Waals surface area contributed by atoms with Gasteiger partial charge in [0.2, 0.25) is 0 Å². The number of aromatic carboxylic acids is 1. The molecule has 0 aliphatic heterocycles. The molecule has 1 fully saturated rings. The molecule has 0 bridgehead atoms. The number of carboxylic acid groups (broad SMARTS) is 1. The Hall–Kier alpha value is -1.65. The summed E-state index contributed by atoms with van der Waals surface area (Å²) in [4.78, 5) is 18.3. The van der Waals surface area contributed by atoms with Crippen LogP contribution in [0.15, 0.2) is 12.4 Å². The minimum absolute atomic E-state index is 0.0218. The van der Waals surface area contributed by atoms with E-state index in [1.807, 2.05) is 0 Å². The van der Waals surface area contributed by atoms with Crippen molar-refractivity contribution in [3.63, 3.8) is 0 Å². The minimum atomic E-state index is -1.05. The largest absolute Gasteiger partial charge is 0.476 e. The predicted molar refractivity (Wildman–Crippen MR) is 54.8 cm³/mol. The van der Waals surface area contributed by atoms with E-state index in [2.05, 4.69) is 15.3 Å². The second-order valence-corrected chi connectivity index (χ2v) is 3.75. The summed E-state index contributed by atoms with van der Waals surface area (Å²) in [6, 6.07) is 0. The molecule has 1 aliphatic rings. The Balaban J connectivity index is 1.88. The van der Waals surface area contributed by atoms with Gasteiger partial charge in [0.1, 0.15) is 5.82 Å². The first-order valence-electron chi connectivity index (χ1n) is 5.05. The van der Waals surface area contributed by atoms with E-state index < -0.39 is 5.97 Å². The van der Waals surface area contributed by atoms with Gasteiger partial charge in [0.15, 0.2) is 5.69 Å². The molecule has 5 heteroatoms. The van der Waals surface area contributed by atoms with E-state index in [1.54, 1.807) is 6.20 Å². The lowest BCUT2D eigenvalue weighted by atomic mass is 10.3. The van der Waals surface area contributed by atoms with E-state index in [0.29, 0.717) is 5.82 Å². The van der Waals surface area contributed by atoms with E-state index in [9.17, 15) is 4.79 Å². The SMILES string of the molecule is O=C(O)c1cncc(NCCC2CC2)n1. The summed E-state index contributed by atoms with van der Waals surface area (Å²) in [5.41, 5.74) is -0.0218. The first-order valence-corrected chi connectivity index (χ1v) is 5.05. The summed E-state index contributed by atoms with van der Waals surface area (Å²) in [6.45, 7) is 0.836. The maximum Gasteiger partial charge on any atom is 0.356 e. The zero-order valence-electron chi connectivity index (χ0n) is 8.31. The third-order valence-electron chi connectivity index (χ3n) is 2.41. The lowest BCUT2D eigenvalue weighted by molar-refractivity contribution is 0.0690. The highest BCUT2D eigenvalue weighted by Gasteiger charge is 2.20. The summed E-state index contributed by atoms with van der Waals surface area (Å²) in [5.74, 6) is 0.344. The van der Waals surface area contributed by atoms with Crippen molar-refractivity contribution in [2.45, 2.75) is 19.3 Å². The molecule has 0 aromatic carbocycles. The molecule has 5 nitrogen and oxygen atoms in total. The van der Waals surface area contributed by atoms with Crippen LogP contribution < -0.4 is 5.32 Å². The smallest absolute Gasteiger partial charge is 0.356 e. The summed E-state index contributed by atoms with van der Waals surface area (Å²) in [7, 11) is 0. The van der Waals surface area contributed by atoms with Crippen molar-refractivity contribution in [2.75, 3.05) is 11.9 Å².